The van der Waals surface area contributed by atoms with Crippen molar-refractivity contribution in [3.05, 3.63) is 64.7 Å². The van der Waals surface area contributed by atoms with Gasteiger partial charge in [-0.2, -0.15) is 0 Å². The van der Waals surface area contributed by atoms with Gasteiger partial charge in [0.15, 0.2) is 9.84 Å². The Balaban J connectivity index is 2.06. The average molecular weight is 394 g/mol. The summed E-state index contributed by atoms with van der Waals surface area (Å²) < 4.78 is 31.4. The van der Waals surface area contributed by atoms with Gasteiger partial charge >= 0.3 is 5.97 Å². The number of carbonyl (C=O) groups is 1. The summed E-state index contributed by atoms with van der Waals surface area (Å²) in [6.45, 7) is 3.72. The van der Waals surface area contributed by atoms with Crippen LogP contribution in [0, 0.1) is 6.92 Å². The van der Waals surface area contributed by atoms with Crippen molar-refractivity contribution in [2.75, 3.05) is 6.61 Å². The number of nitrogens with two attached hydrogens (primary N) is 1. The molecule has 0 radical (unpaired) electrons. The molecule has 0 unspecified atom stereocenters. The Bertz CT molecular complexity index is 925. The fraction of sp³-hybridized carbons (Fsp3) is 0.316. The smallest absolute Gasteiger partial charge is 0.328 e. The molecule has 7 heteroatoms. The summed E-state index contributed by atoms with van der Waals surface area (Å²) in [6, 6.07) is 13.2. The molecule has 0 spiro atoms. The SMILES string of the molecule is CCOC(=O)[C@]1(N)[C@@H](c2ccc(C)cc2)[C@@H]1S(=O)(=O)c1ccc(Cl)cc1. The summed E-state index contributed by atoms with van der Waals surface area (Å²) >= 11 is 5.85. The Morgan fingerprint density at radius 2 is 1.73 bits per heavy atom. The molecule has 26 heavy (non-hydrogen) atoms. The summed E-state index contributed by atoms with van der Waals surface area (Å²) in [5.41, 5.74) is 6.44. The average Bonchev–Trinajstić information content (AvgIpc) is 3.25. The maximum Gasteiger partial charge on any atom is 0.328 e. The molecule has 0 aliphatic heterocycles. The zero-order valence-electron chi connectivity index (χ0n) is 14.5. The summed E-state index contributed by atoms with van der Waals surface area (Å²) in [4.78, 5) is 12.6. The van der Waals surface area contributed by atoms with E-state index in [4.69, 9.17) is 22.1 Å². The molecule has 2 aromatic carbocycles. The molecule has 138 valence electrons. The molecule has 5 nitrogen and oxygen atoms in total. The van der Waals surface area contributed by atoms with Gasteiger partial charge in [0.05, 0.1) is 11.5 Å². The van der Waals surface area contributed by atoms with E-state index in [0.29, 0.717) is 10.6 Å². The van der Waals surface area contributed by atoms with Crippen LogP contribution in [0.15, 0.2) is 53.4 Å². The summed E-state index contributed by atoms with van der Waals surface area (Å²) in [6.07, 6.45) is 0. The normalized spacial score (nSPS) is 24.9. The van der Waals surface area contributed by atoms with E-state index in [9.17, 15) is 13.2 Å². The standard InChI is InChI=1S/C19H20ClNO4S/c1-3-25-18(22)19(21)16(13-6-4-12(2)5-7-13)17(19)26(23,24)15-10-8-14(20)9-11-15/h4-11,16-17H,3,21H2,1-2H3/t16-,17-,19-/m0/s1. The molecule has 1 fully saturated rings. The highest BCUT2D eigenvalue weighted by molar-refractivity contribution is 7.92. The lowest BCUT2D eigenvalue weighted by atomic mass is 10.1. The molecule has 2 N–H and O–H groups in total. The van der Waals surface area contributed by atoms with E-state index in [-0.39, 0.29) is 11.5 Å². The molecule has 1 aliphatic carbocycles. The number of halogens is 1. The van der Waals surface area contributed by atoms with Gasteiger partial charge in [-0.05, 0) is 43.7 Å². The van der Waals surface area contributed by atoms with Crippen LogP contribution in [0.5, 0.6) is 0 Å². The fourth-order valence-electron chi connectivity index (χ4n) is 3.30. The van der Waals surface area contributed by atoms with Crippen LogP contribution < -0.4 is 5.73 Å². The number of ether oxygens (including phenoxy) is 1. The van der Waals surface area contributed by atoms with Crippen LogP contribution in [0.3, 0.4) is 0 Å². The summed E-state index contributed by atoms with van der Waals surface area (Å²) in [7, 11) is -3.85. The van der Waals surface area contributed by atoms with E-state index < -0.39 is 32.5 Å². The molecule has 1 aliphatic rings. The van der Waals surface area contributed by atoms with E-state index in [1.54, 1.807) is 19.1 Å². The third-order valence-corrected chi connectivity index (χ3v) is 7.23. The van der Waals surface area contributed by atoms with Crippen molar-refractivity contribution in [1.29, 1.82) is 0 Å². The topological polar surface area (TPSA) is 86.5 Å². The van der Waals surface area contributed by atoms with Crippen molar-refractivity contribution in [2.24, 2.45) is 5.73 Å². The Morgan fingerprint density at radius 3 is 2.27 bits per heavy atom. The maximum absolute atomic E-state index is 13.1. The van der Waals surface area contributed by atoms with E-state index in [1.165, 1.54) is 24.3 Å². The number of rotatable bonds is 5. The molecule has 2 aromatic rings. The van der Waals surface area contributed by atoms with E-state index >= 15 is 0 Å². The monoisotopic (exact) mass is 393 g/mol. The maximum atomic E-state index is 13.1. The molecule has 1 saturated carbocycles. The molecular formula is C19H20ClNO4S. The first-order valence-electron chi connectivity index (χ1n) is 8.25. The molecule has 0 bridgehead atoms. The predicted molar refractivity (Wildman–Crippen MR) is 99.9 cm³/mol. The zero-order valence-corrected chi connectivity index (χ0v) is 16.0. The third kappa shape index (κ3) is 3.02. The van der Waals surface area contributed by atoms with Crippen LogP contribution in [0.4, 0.5) is 0 Å². The number of esters is 1. The highest BCUT2D eigenvalue weighted by atomic mass is 35.5. The molecule has 0 amide bonds. The van der Waals surface area contributed by atoms with Crippen molar-refractivity contribution >= 4 is 27.4 Å². The van der Waals surface area contributed by atoms with Crippen molar-refractivity contribution in [3.63, 3.8) is 0 Å². The number of carbonyl (C=O) groups excluding carboxylic acids is 1. The van der Waals surface area contributed by atoms with Crippen LogP contribution in [-0.2, 0) is 19.4 Å². The fourth-order valence-corrected chi connectivity index (χ4v) is 5.66. The number of aryl methyl sites for hydroxylation is 1. The lowest BCUT2D eigenvalue weighted by molar-refractivity contribution is -0.145. The number of sulfone groups is 1. The third-order valence-electron chi connectivity index (χ3n) is 4.72. The first kappa shape index (κ1) is 18.9. The van der Waals surface area contributed by atoms with Gasteiger partial charge in [-0.3, -0.25) is 0 Å². The quantitative estimate of drug-likeness (QED) is 0.789. The largest absolute Gasteiger partial charge is 0.465 e. The van der Waals surface area contributed by atoms with Crippen molar-refractivity contribution in [3.8, 4) is 0 Å². The van der Waals surface area contributed by atoms with Gasteiger partial charge in [0.2, 0.25) is 0 Å². The molecule has 3 rings (SSSR count). The van der Waals surface area contributed by atoms with Gasteiger partial charge in [-0.25, -0.2) is 13.2 Å². The van der Waals surface area contributed by atoms with Crippen LogP contribution in [0.2, 0.25) is 5.02 Å². The van der Waals surface area contributed by atoms with E-state index in [2.05, 4.69) is 0 Å². The lowest BCUT2D eigenvalue weighted by Crippen LogP contribution is -2.41. The first-order valence-corrected chi connectivity index (χ1v) is 10.2. The first-order chi connectivity index (χ1) is 12.2. The van der Waals surface area contributed by atoms with E-state index in [1.807, 2.05) is 19.1 Å². The second-order valence-corrected chi connectivity index (χ2v) is 8.97. The van der Waals surface area contributed by atoms with Gasteiger partial charge in [-0.1, -0.05) is 41.4 Å². The van der Waals surface area contributed by atoms with Gasteiger partial charge < -0.3 is 10.5 Å². The minimum Gasteiger partial charge on any atom is -0.465 e. The van der Waals surface area contributed by atoms with Crippen molar-refractivity contribution < 1.29 is 17.9 Å². The molecule has 0 saturated heterocycles. The molecule has 0 aromatic heterocycles. The predicted octanol–water partition coefficient (Wildman–Crippen LogP) is 2.85. The van der Waals surface area contributed by atoms with Crippen molar-refractivity contribution in [2.45, 2.75) is 35.4 Å². The Hall–Kier alpha value is -1.89. The number of hydrogen-bond acceptors (Lipinski definition) is 5. The molecular weight excluding hydrogens is 374 g/mol. The number of hydrogen-bond donors (Lipinski definition) is 1. The van der Waals surface area contributed by atoms with Gasteiger partial charge in [0.25, 0.3) is 0 Å². The minimum atomic E-state index is -3.85. The van der Waals surface area contributed by atoms with Crippen LogP contribution in [-0.4, -0.2) is 31.8 Å². The number of benzene rings is 2. The Morgan fingerprint density at radius 1 is 1.15 bits per heavy atom. The van der Waals surface area contributed by atoms with E-state index in [0.717, 1.165) is 5.56 Å². The molecule has 3 atom stereocenters. The Kier molecular flexibility index (Phi) is 4.86. The summed E-state index contributed by atoms with van der Waals surface area (Å²) in [5, 5.41) is -0.655. The van der Waals surface area contributed by atoms with Crippen LogP contribution in [0.25, 0.3) is 0 Å². The van der Waals surface area contributed by atoms with Gasteiger partial charge in [0, 0.05) is 10.9 Å². The lowest BCUT2D eigenvalue weighted by Gasteiger charge is -2.11. The molecule has 0 heterocycles. The summed E-state index contributed by atoms with van der Waals surface area (Å²) in [5.74, 6) is -1.36. The van der Waals surface area contributed by atoms with Crippen LogP contribution in [0.1, 0.15) is 24.0 Å². The second kappa shape index (κ2) is 6.68. The Labute approximate surface area is 158 Å². The second-order valence-electron chi connectivity index (χ2n) is 6.46. The van der Waals surface area contributed by atoms with Gasteiger partial charge in [-0.15, -0.1) is 0 Å². The van der Waals surface area contributed by atoms with Gasteiger partial charge in [0.1, 0.15) is 10.8 Å². The van der Waals surface area contributed by atoms with Crippen molar-refractivity contribution in [1.82, 2.24) is 0 Å². The minimum absolute atomic E-state index is 0.0839. The van der Waals surface area contributed by atoms with Crippen LogP contribution >= 0.6 is 11.6 Å². The highest BCUT2D eigenvalue weighted by Crippen LogP contribution is 2.56. The zero-order chi connectivity index (χ0) is 19.1. The highest BCUT2D eigenvalue weighted by Gasteiger charge is 2.74.